The Morgan fingerprint density at radius 3 is 2.06 bits per heavy atom. The summed E-state index contributed by atoms with van der Waals surface area (Å²) < 4.78 is 33.7. The Hall–Kier alpha value is -3.54. The summed E-state index contributed by atoms with van der Waals surface area (Å²) in [6, 6.07) is 19.8. The Balaban J connectivity index is 1.15. The molecule has 4 nitrogen and oxygen atoms in total. The molecular weight excluding hydrogens is 448 g/mol. The normalized spacial score (nSPS) is 22.6. The zero-order chi connectivity index (χ0) is 24.1. The number of carbonyl (C=O) groups excluding carboxylic acids is 2. The molecule has 3 aromatic carbocycles. The van der Waals surface area contributed by atoms with E-state index in [-0.39, 0.29) is 42.0 Å². The molecule has 3 aliphatic rings. The molecular formula is C29H25F2NO3. The molecule has 2 aliphatic heterocycles. The van der Waals surface area contributed by atoms with Crippen LogP contribution in [0.5, 0.6) is 0 Å². The minimum absolute atomic E-state index is 0.0147. The lowest BCUT2D eigenvalue weighted by atomic mass is 9.84. The quantitative estimate of drug-likeness (QED) is 0.416. The number of rotatable bonds is 4. The van der Waals surface area contributed by atoms with E-state index >= 15 is 0 Å². The van der Waals surface area contributed by atoms with Crippen LogP contribution in [0.2, 0.25) is 0 Å². The van der Waals surface area contributed by atoms with Crippen molar-refractivity contribution in [2.75, 3.05) is 6.61 Å². The standard InChI is InChI=1S/C29H25F2NO3/c30-26-11-5-10-24(27(26)31)28(33)17-14-18-12-13-19(15-17)32(18)29(34)35-16-25-22-8-3-1-6-20(22)21-7-2-4-9-23(21)25/h1-11,17-19,25H,12-16H2. The number of Topliss-reactive ketones (excluding diaryl/α,β-unsaturated/α-hetero) is 1. The van der Waals surface area contributed by atoms with Crippen molar-refractivity contribution in [3.05, 3.63) is 95.1 Å². The number of fused-ring (bicyclic) bond motifs is 5. The number of carbonyl (C=O) groups is 2. The SMILES string of the molecule is O=C(c1cccc(F)c1F)C1CC2CCC(C1)N2C(=O)OCC1c2ccccc2-c2ccccc21. The van der Waals surface area contributed by atoms with Crippen molar-refractivity contribution in [3.63, 3.8) is 0 Å². The average Bonchev–Trinajstić information content (AvgIpc) is 3.34. The van der Waals surface area contributed by atoms with Crippen LogP contribution < -0.4 is 0 Å². The van der Waals surface area contributed by atoms with Gasteiger partial charge in [0.1, 0.15) is 6.61 Å². The van der Waals surface area contributed by atoms with Gasteiger partial charge in [0.2, 0.25) is 0 Å². The maximum absolute atomic E-state index is 14.2. The molecule has 2 atom stereocenters. The fraction of sp³-hybridized carbons (Fsp3) is 0.310. The van der Waals surface area contributed by atoms with Crippen LogP contribution in [0.4, 0.5) is 13.6 Å². The third kappa shape index (κ3) is 3.63. The summed E-state index contributed by atoms with van der Waals surface area (Å²) in [4.78, 5) is 27.9. The van der Waals surface area contributed by atoms with Gasteiger partial charge in [-0.15, -0.1) is 0 Å². The molecule has 0 spiro atoms. The van der Waals surface area contributed by atoms with Gasteiger partial charge in [-0.3, -0.25) is 4.79 Å². The highest BCUT2D eigenvalue weighted by atomic mass is 19.2. The lowest BCUT2D eigenvalue weighted by molar-refractivity contribution is 0.0504. The second kappa shape index (κ2) is 8.59. The van der Waals surface area contributed by atoms with E-state index in [1.54, 1.807) is 4.90 Å². The Bertz CT molecular complexity index is 1260. The van der Waals surface area contributed by atoms with Gasteiger partial charge in [-0.25, -0.2) is 13.6 Å². The molecule has 0 radical (unpaired) electrons. The molecule has 6 rings (SSSR count). The molecule has 3 aromatic rings. The van der Waals surface area contributed by atoms with Gasteiger partial charge in [-0.1, -0.05) is 54.6 Å². The molecule has 2 saturated heterocycles. The number of ketones is 1. The van der Waals surface area contributed by atoms with Gasteiger partial charge in [-0.2, -0.15) is 0 Å². The number of halogens is 2. The lowest BCUT2D eigenvalue weighted by Crippen LogP contribution is -2.48. The molecule has 6 heteroatoms. The topological polar surface area (TPSA) is 46.6 Å². The van der Waals surface area contributed by atoms with Gasteiger partial charge in [0.15, 0.2) is 17.4 Å². The fourth-order valence-corrected chi connectivity index (χ4v) is 6.27. The number of benzene rings is 3. The molecule has 2 bridgehead atoms. The second-order valence-electron chi connectivity index (χ2n) is 9.73. The van der Waals surface area contributed by atoms with Crippen molar-refractivity contribution in [2.24, 2.45) is 5.92 Å². The maximum Gasteiger partial charge on any atom is 0.410 e. The zero-order valence-corrected chi connectivity index (χ0v) is 19.1. The summed E-state index contributed by atoms with van der Waals surface area (Å²) in [5.41, 5.74) is 4.46. The van der Waals surface area contributed by atoms with Gasteiger partial charge in [0, 0.05) is 23.9 Å². The zero-order valence-electron chi connectivity index (χ0n) is 19.1. The van der Waals surface area contributed by atoms with Gasteiger partial charge < -0.3 is 9.64 Å². The molecule has 0 N–H and O–H groups in total. The Morgan fingerprint density at radius 1 is 0.829 bits per heavy atom. The van der Waals surface area contributed by atoms with Crippen molar-refractivity contribution in [1.29, 1.82) is 0 Å². The van der Waals surface area contributed by atoms with Crippen LogP contribution in [-0.2, 0) is 4.74 Å². The highest BCUT2D eigenvalue weighted by Crippen LogP contribution is 2.45. The van der Waals surface area contributed by atoms with Crippen LogP contribution >= 0.6 is 0 Å². The largest absolute Gasteiger partial charge is 0.448 e. The molecule has 0 aromatic heterocycles. The molecule has 2 fully saturated rings. The highest BCUT2D eigenvalue weighted by Gasteiger charge is 2.46. The van der Waals surface area contributed by atoms with E-state index in [1.165, 1.54) is 23.3 Å². The molecule has 2 unspecified atom stereocenters. The second-order valence-corrected chi connectivity index (χ2v) is 9.73. The van der Waals surface area contributed by atoms with Crippen LogP contribution in [0, 0.1) is 17.6 Å². The van der Waals surface area contributed by atoms with Crippen LogP contribution in [0.25, 0.3) is 11.1 Å². The van der Waals surface area contributed by atoms with E-state index in [9.17, 15) is 18.4 Å². The van der Waals surface area contributed by atoms with Crippen LogP contribution in [-0.4, -0.2) is 35.5 Å². The monoisotopic (exact) mass is 473 g/mol. The summed E-state index contributed by atoms with van der Waals surface area (Å²) in [6.45, 7) is 0.250. The molecule has 35 heavy (non-hydrogen) atoms. The molecule has 2 heterocycles. The van der Waals surface area contributed by atoms with E-state index < -0.39 is 17.6 Å². The first-order valence-corrected chi connectivity index (χ1v) is 12.1. The third-order valence-electron chi connectivity index (χ3n) is 7.87. The first-order valence-electron chi connectivity index (χ1n) is 12.1. The van der Waals surface area contributed by atoms with Crippen LogP contribution in [0.1, 0.15) is 53.1 Å². The minimum atomic E-state index is -1.09. The third-order valence-corrected chi connectivity index (χ3v) is 7.87. The summed E-state index contributed by atoms with van der Waals surface area (Å²) in [6.07, 6.45) is 2.08. The lowest BCUT2D eigenvalue weighted by Gasteiger charge is -2.37. The van der Waals surface area contributed by atoms with E-state index in [0.717, 1.165) is 30.0 Å². The molecule has 1 amide bonds. The maximum atomic E-state index is 14.2. The number of piperidine rings is 1. The van der Waals surface area contributed by atoms with E-state index in [4.69, 9.17) is 4.74 Å². The average molecular weight is 474 g/mol. The smallest absolute Gasteiger partial charge is 0.410 e. The Kier molecular flexibility index (Phi) is 5.39. The first kappa shape index (κ1) is 22.0. The van der Waals surface area contributed by atoms with Gasteiger partial charge >= 0.3 is 6.09 Å². The van der Waals surface area contributed by atoms with Crippen LogP contribution in [0.15, 0.2) is 66.7 Å². The number of hydrogen-bond donors (Lipinski definition) is 0. The summed E-state index contributed by atoms with van der Waals surface area (Å²) in [5, 5.41) is 0. The number of ether oxygens (including phenoxy) is 1. The van der Waals surface area contributed by atoms with Crippen molar-refractivity contribution in [3.8, 4) is 11.1 Å². The first-order chi connectivity index (χ1) is 17.0. The predicted octanol–water partition coefficient (Wildman–Crippen LogP) is 6.34. The summed E-state index contributed by atoms with van der Waals surface area (Å²) in [7, 11) is 0. The Morgan fingerprint density at radius 2 is 1.43 bits per heavy atom. The van der Waals surface area contributed by atoms with Crippen molar-refractivity contribution in [2.45, 2.75) is 43.7 Å². The van der Waals surface area contributed by atoms with Crippen molar-refractivity contribution >= 4 is 11.9 Å². The summed E-state index contributed by atoms with van der Waals surface area (Å²) >= 11 is 0. The predicted molar refractivity (Wildman–Crippen MR) is 127 cm³/mol. The molecule has 1 aliphatic carbocycles. The van der Waals surface area contributed by atoms with Gasteiger partial charge in [0.05, 0.1) is 5.56 Å². The number of amides is 1. The Labute approximate surface area is 202 Å². The molecule has 178 valence electrons. The van der Waals surface area contributed by atoms with Crippen LogP contribution in [0.3, 0.4) is 0 Å². The van der Waals surface area contributed by atoms with E-state index in [1.807, 2.05) is 24.3 Å². The van der Waals surface area contributed by atoms with E-state index in [0.29, 0.717) is 12.8 Å². The molecule has 0 saturated carbocycles. The fourth-order valence-electron chi connectivity index (χ4n) is 6.27. The minimum Gasteiger partial charge on any atom is -0.448 e. The van der Waals surface area contributed by atoms with Gasteiger partial charge in [-0.05, 0) is 60.1 Å². The number of nitrogens with zero attached hydrogens (tertiary/aromatic N) is 1. The number of hydrogen-bond acceptors (Lipinski definition) is 3. The highest BCUT2D eigenvalue weighted by molar-refractivity contribution is 5.98. The van der Waals surface area contributed by atoms with E-state index in [2.05, 4.69) is 24.3 Å². The van der Waals surface area contributed by atoms with Crippen molar-refractivity contribution < 1.29 is 23.1 Å². The van der Waals surface area contributed by atoms with Crippen molar-refractivity contribution in [1.82, 2.24) is 4.90 Å². The van der Waals surface area contributed by atoms with Gasteiger partial charge in [0.25, 0.3) is 0 Å². The summed E-state index contributed by atoms with van der Waals surface area (Å²) in [5.74, 6) is -2.94.